The van der Waals surface area contributed by atoms with Crippen molar-refractivity contribution in [2.75, 3.05) is 0 Å². The van der Waals surface area contributed by atoms with Crippen LogP contribution in [0, 0.1) is 0 Å². The van der Waals surface area contributed by atoms with Crippen molar-refractivity contribution in [1.29, 1.82) is 0 Å². The topological polar surface area (TPSA) is 78.9 Å². The molecule has 1 aromatic carbocycles. The van der Waals surface area contributed by atoms with Crippen LogP contribution >= 0.6 is 11.6 Å². The lowest BCUT2D eigenvalue weighted by atomic mass is 10.1. The highest BCUT2D eigenvalue weighted by atomic mass is 35.5. The molecule has 4 rings (SSSR count). The summed E-state index contributed by atoms with van der Waals surface area (Å²) in [6.07, 6.45) is 15.7. The second-order valence-corrected chi connectivity index (χ2v) is 7.39. The number of hydrogen-bond acceptors (Lipinski definition) is 6. The Morgan fingerprint density at radius 2 is 1.90 bits per heavy atom. The maximum absolute atomic E-state index is 5.89. The highest BCUT2D eigenvalue weighted by molar-refractivity contribution is 6.30. The van der Waals surface area contributed by atoms with E-state index in [1.165, 1.54) is 0 Å². The van der Waals surface area contributed by atoms with Gasteiger partial charge in [-0.1, -0.05) is 23.7 Å². The van der Waals surface area contributed by atoms with Crippen LogP contribution in [0.1, 0.15) is 35.6 Å². The van der Waals surface area contributed by atoms with Gasteiger partial charge in [0.05, 0.1) is 0 Å². The van der Waals surface area contributed by atoms with E-state index in [0.717, 1.165) is 36.9 Å². The largest absolute Gasteiger partial charge is 0.457 e. The molecular weight excluding hydrogens is 414 g/mol. The summed E-state index contributed by atoms with van der Waals surface area (Å²) >= 11 is 5.89. The van der Waals surface area contributed by atoms with E-state index in [0.29, 0.717) is 22.6 Å². The summed E-state index contributed by atoms with van der Waals surface area (Å²) in [4.78, 5) is 12.9. The summed E-state index contributed by atoms with van der Waals surface area (Å²) in [6.45, 7) is 1.16. The highest BCUT2D eigenvalue weighted by Crippen LogP contribution is 2.14. The second kappa shape index (κ2) is 10.5. The fourth-order valence-electron chi connectivity index (χ4n) is 2.93. The Morgan fingerprint density at radius 1 is 1.06 bits per heavy atom. The lowest BCUT2D eigenvalue weighted by molar-refractivity contribution is 0.275. The van der Waals surface area contributed by atoms with Gasteiger partial charge in [0.2, 0.25) is 5.89 Å². The number of halogens is 1. The van der Waals surface area contributed by atoms with Crippen molar-refractivity contribution in [1.82, 2.24) is 24.7 Å². The minimum absolute atomic E-state index is 0.238. The van der Waals surface area contributed by atoms with Gasteiger partial charge in [-0.25, -0.2) is 15.0 Å². The first-order valence-electron chi connectivity index (χ1n) is 10.0. The monoisotopic (exact) mass is 435 g/mol. The summed E-state index contributed by atoms with van der Waals surface area (Å²) in [5.74, 6) is 0.500. The molecule has 7 nitrogen and oxygen atoms in total. The van der Waals surface area contributed by atoms with Gasteiger partial charge in [0.25, 0.3) is 0 Å². The van der Waals surface area contributed by atoms with Crippen molar-refractivity contribution in [3.05, 3.63) is 89.1 Å². The van der Waals surface area contributed by atoms with E-state index in [1.54, 1.807) is 30.9 Å². The molecule has 0 fully saturated rings. The predicted octanol–water partition coefficient (Wildman–Crippen LogP) is 5.09. The fraction of sp³-hybridized carbons (Fsp3) is 0.217. The van der Waals surface area contributed by atoms with E-state index < -0.39 is 0 Å². The summed E-state index contributed by atoms with van der Waals surface area (Å²) in [7, 11) is 0. The molecule has 4 aromatic rings. The van der Waals surface area contributed by atoms with Gasteiger partial charge in [0.15, 0.2) is 0 Å². The zero-order valence-corrected chi connectivity index (χ0v) is 17.7. The zero-order valence-electron chi connectivity index (χ0n) is 16.9. The van der Waals surface area contributed by atoms with Crippen LogP contribution in [0.5, 0.6) is 6.01 Å². The standard InChI is InChI=1S/C23H22ClN5O2/c24-20-8-5-18(6-9-20)7-10-22-28-21(16-30-22)17-31-23-25-14-19(15-26-23)4-1-2-12-29-13-3-11-27-29/h3,5-11,13-16H,1-2,4,12,17H2. The molecule has 0 unspecified atom stereocenters. The quantitative estimate of drug-likeness (QED) is 0.323. The summed E-state index contributed by atoms with van der Waals surface area (Å²) < 4.78 is 13.0. The van der Waals surface area contributed by atoms with E-state index >= 15 is 0 Å². The molecule has 0 saturated carbocycles. The molecule has 0 N–H and O–H groups in total. The Kier molecular flexibility index (Phi) is 7.08. The van der Waals surface area contributed by atoms with Crippen LogP contribution in [-0.4, -0.2) is 24.7 Å². The molecule has 0 saturated heterocycles. The smallest absolute Gasteiger partial charge is 0.316 e. The summed E-state index contributed by atoms with van der Waals surface area (Å²) in [5, 5.41) is 4.90. The molecular formula is C23H22ClN5O2. The first kappa shape index (κ1) is 20.8. The molecule has 0 spiro atoms. The van der Waals surface area contributed by atoms with Gasteiger partial charge in [-0.05, 0) is 54.7 Å². The summed E-state index contributed by atoms with van der Waals surface area (Å²) in [5.41, 5.74) is 2.77. The Bertz CT molecular complexity index is 1090. The molecule has 8 heteroatoms. The Balaban J connectivity index is 1.20. The van der Waals surface area contributed by atoms with Crippen LogP contribution in [0.15, 0.2) is 65.8 Å². The van der Waals surface area contributed by atoms with Gasteiger partial charge in [0.1, 0.15) is 18.6 Å². The van der Waals surface area contributed by atoms with Crippen LogP contribution in [-0.2, 0) is 19.6 Å². The van der Waals surface area contributed by atoms with Crippen LogP contribution in [0.3, 0.4) is 0 Å². The van der Waals surface area contributed by atoms with Gasteiger partial charge < -0.3 is 9.15 Å². The molecule has 0 bridgehead atoms. The first-order chi connectivity index (χ1) is 15.2. The van der Waals surface area contributed by atoms with Crippen LogP contribution < -0.4 is 4.74 Å². The van der Waals surface area contributed by atoms with Crippen LogP contribution in [0.4, 0.5) is 0 Å². The number of unbranched alkanes of at least 4 members (excludes halogenated alkanes) is 1. The molecule has 158 valence electrons. The molecule has 3 heterocycles. The first-order valence-corrected chi connectivity index (χ1v) is 10.4. The molecule has 0 aliphatic rings. The third-order valence-corrected chi connectivity index (χ3v) is 4.80. The van der Waals surface area contributed by atoms with Crippen molar-refractivity contribution < 1.29 is 9.15 Å². The number of rotatable bonds is 10. The maximum atomic E-state index is 5.89. The van der Waals surface area contributed by atoms with E-state index in [-0.39, 0.29) is 6.61 Å². The Morgan fingerprint density at radius 3 is 2.68 bits per heavy atom. The predicted molar refractivity (Wildman–Crippen MR) is 118 cm³/mol. The molecule has 0 radical (unpaired) electrons. The van der Waals surface area contributed by atoms with Gasteiger partial charge in [-0.15, -0.1) is 0 Å². The third-order valence-electron chi connectivity index (χ3n) is 4.55. The lowest BCUT2D eigenvalue weighted by Crippen LogP contribution is -2.01. The zero-order chi connectivity index (χ0) is 21.3. The maximum Gasteiger partial charge on any atom is 0.316 e. The minimum atomic E-state index is 0.238. The van der Waals surface area contributed by atoms with Crippen molar-refractivity contribution in [3.63, 3.8) is 0 Å². The average Bonchev–Trinajstić information content (AvgIpc) is 3.48. The number of aromatic nitrogens is 5. The number of oxazole rings is 1. The number of ether oxygens (including phenoxy) is 1. The van der Waals surface area contributed by atoms with Gasteiger partial charge in [-0.3, -0.25) is 4.68 Å². The SMILES string of the molecule is Clc1ccc(C=Cc2nc(COc3ncc(CCCCn4cccn4)cn3)co2)cc1. The molecule has 3 aromatic heterocycles. The lowest BCUT2D eigenvalue weighted by Gasteiger charge is -2.04. The number of benzene rings is 1. The number of aryl methyl sites for hydroxylation is 2. The second-order valence-electron chi connectivity index (χ2n) is 6.95. The third kappa shape index (κ3) is 6.52. The van der Waals surface area contributed by atoms with Gasteiger partial charge in [0, 0.05) is 42.4 Å². The Labute approximate surface area is 185 Å². The normalized spacial score (nSPS) is 11.3. The van der Waals surface area contributed by atoms with Crippen molar-refractivity contribution >= 4 is 23.8 Å². The van der Waals surface area contributed by atoms with E-state index in [1.807, 2.05) is 47.3 Å². The molecule has 0 aliphatic heterocycles. The van der Waals surface area contributed by atoms with Gasteiger partial charge >= 0.3 is 6.01 Å². The minimum Gasteiger partial charge on any atom is -0.457 e. The molecule has 0 amide bonds. The average molecular weight is 436 g/mol. The van der Waals surface area contributed by atoms with Crippen molar-refractivity contribution in [3.8, 4) is 6.01 Å². The number of nitrogens with zero attached hydrogens (tertiary/aromatic N) is 5. The van der Waals surface area contributed by atoms with Crippen molar-refractivity contribution in [2.24, 2.45) is 0 Å². The number of hydrogen-bond donors (Lipinski definition) is 0. The fourth-order valence-corrected chi connectivity index (χ4v) is 3.05. The highest BCUT2D eigenvalue weighted by Gasteiger charge is 2.05. The van der Waals surface area contributed by atoms with Crippen LogP contribution in [0.2, 0.25) is 5.02 Å². The van der Waals surface area contributed by atoms with E-state index in [4.69, 9.17) is 20.8 Å². The van der Waals surface area contributed by atoms with Crippen molar-refractivity contribution in [2.45, 2.75) is 32.4 Å². The van der Waals surface area contributed by atoms with E-state index in [2.05, 4.69) is 20.1 Å². The summed E-state index contributed by atoms with van der Waals surface area (Å²) in [6, 6.07) is 9.77. The molecule has 0 atom stereocenters. The molecule has 0 aliphatic carbocycles. The van der Waals surface area contributed by atoms with Crippen LogP contribution in [0.25, 0.3) is 12.2 Å². The molecule has 31 heavy (non-hydrogen) atoms. The van der Waals surface area contributed by atoms with Gasteiger partial charge in [-0.2, -0.15) is 5.10 Å². The Hall–Kier alpha value is -3.45. The van der Waals surface area contributed by atoms with E-state index in [9.17, 15) is 0 Å².